The lowest BCUT2D eigenvalue weighted by Gasteiger charge is -2.18. The van der Waals surface area contributed by atoms with Crippen LogP contribution in [0.2, 0.25) is 0 Å². The van der Waals surface area contributed by atoms with Crippen LogP contribution in [0.3, 0.4) is 0 Å². The molecule has 1 aromatic carbocycles. The summed E-state index contributed by atoms with van der Waals surface area (Å²) in [4.78, 5) is 0. The van der Waals surface area contributed by atoms with Crippen LogP contribution >= 0.6 is 0 Å². The number of rotatable bonds is 3. The quantitative estimate of drug-likeness (QED) is 0.817. The summed E-state index contributed by atoms with van der Waals surface area (Å²) in [5.41, 5.74) is 0.837. The summed E-state index contributed by atoms with van der Waals surface area (Å²) in [5, 5.41) is 19.2. The zero-order chi connectivity index (χ0) is 14.6. The monoisotopic (exact) mass is 276 g/mol. The van der Waals surface area contributed by atoms with Crippen molar-refractivity contribution in [1.29, 1.82) is 0 Å². The van der Waals surface area contributed by atoms with Crippen molar-refractivity contribution in [1.82, 2.24) is 0 Å². The number of hydrogen-bond donors (Lipinski definition) is 2. The Hall–Kier alpha value is -1.38. The van der Waals surface area contributed by atoms with E-state index in [0.717, 1.165) is 5.56 Å². The van der Waals surface area contributed by atoms with Crippen LogP contribution in [0.4, 0.5) is 0 Å². The zero-order valence-corrected chi connectivity index (χ0v) is 11.7. The second-order valence-corrected chi connectivity index (χ2v) is 5.23. The zero-order valence-electron chi connectivity index (χ0n) is 11.7. The molecule has 0 bridgehead atoms. The third-order valence-corrected chi connectivity index (χ3v) is 3.08. The molecule has 2 rings (SSSR count). The predicted octanol–water partition coefficient (Wildman–Crippen LogP) is 1.30. The molecule has 4 nitrogen and oxygen atoms in total. The Balaban J connectivity index is 2.08. The van der Waals surface area contributed by atoms with Gasteiger partial charge in [0, 0.05) is 12.2 Å². The van der Waals surface area contributed by atoms with Crippen molar-refractivity contribution in [2.24, 2.45) is 0 Å². The molecule has 0 amide bonds. The normalized spacial score (nSPS) is 25.8. The van der Waals surface area contributed by atoms with Crippen molar-refractivity contribution in [2.45, 2.75) is 44.4 Å². The first kappa shape index (κ1) is 15.0. The summed E-state index contributed by atoms with van der Waals surface area (Å²) in [7, 11) is 0. The highest BCUT2D eigenvalue weighted by molar-refractivity contribution is 5.34. The highest BCUT2D eigenvalue weighted by Gasteiger charge is 2.43. The molecule has 108 valence electrons. The number of hydrogen-bond acceptors (Lipinski definition) is 4. The molecule has 2 N–H and O–H groups in total. The van der Waals surface area contributed by atoms with Gasteiger partial charge in [-0.25, -0.2) is 0 Å². The molecule has 0 aromatic heterocycles. The average Bonchev–Trinajstić information content (AvgIpc) is 2.73. The van der Waals surface area contributed by atoms with Crippen LogP contribution in [0.25, 0.3) is 0 Å². The van der Waals surface area contributed by atoms with E-state index in [9.17, 15) is 5.11 Å². The highest BCUT2D eigenvalue weighted by atomic mass is 16.8. The molecule has 1 aromatic rings. The van der Waals surface area contributed by atoms with E-state index in [2.05, 4.69) is 11.8 Å². The number of benzene rings is 1. The third-order valence-electron chi connectivity index (χ3n) is 3.08. The summed E-state index contributed by atoms with van der Waals surface area (Å²) < 4.78 is 11.3. The van der Waals surface area contributed by atoms with E-state index in [1.54, 1.807) is 13.8 Å². The molecule has 0 radical (unpaired) electrons. The van der Waals surface area contributed by atoms with Crippen molar-refractivity contribution in [3.05, 3.63) is 35.9 Å². The summed E-state index contributed by atoms with van der Waals surface area (Å²) >= 11 is 0. The molecule has 0 aliphatic carbocycles. The fraction of sp³-hybridized carbons (Fsp3) is 0.500. The molecule has 1 aliphatic heterocycles. The maximum atomic E-state index is 10.2. The van der Waals surface area contributed by atoms with Crippen molar-refractivity contribution in [3.63, 3.8) is 0 Å². The molecule has 1 saturated heterocycles. The minimum Gasteiger partial charge on any atom is -0.396 e. The van der Waals surface area contributed by atoms with E-state index in [4.69, 9.17) is 14.6 Å². The molecule has 0 spiro atoms. The van der Waals surface area contributed by atoms with Gasteiger partial charge in [-0.3, -0.25) is 0 Å². The van der Waals surface area contributed by atoms with Crippen LogP contribution in [-0.4, -0.2) is 40.9 Å². The Labute approximate surface area is 119 Å². The second kappa shape index (κ2) is 6.38. The minimum absolute atomic E-state index is 0.0144. The standard InChI is InChI=1S/C16H20O4/c1-16(2)19-14(10-11-17)15(20-16)13(18)9-8-12-6-4-3-5-7-12/h3-7,13-15,17-18H,10-11H2,1-2H3/t13?,14-,15+/m1/s1. The van der Waals surface area contributed by atoms with Gasteiger partial charge in [-0.1, -0.05) is 30.0 Å². The van der Waals surface area contributed by atoms with Crippen molar-refractivity contribution in [3.8, 4) is 11.8 Å². The number of aliphatic hydroxyl groups excluding tert-OH is 2. The first-order valence-electron chi connectivity index (χ1n) is 6.73. The van der Waals surface area contributed by atoms with Crippen LogP contribution < -0.4 is 0 Å². The minimum atomic E-state index is -0.950. The van der Waals surface area contributed by atoms with Crippen LogP contribution in [0.1, 0.15) is 25.8 Å². The van der Waals surface area contributed by atoms with E-state index < -0.39 is 18.0 Å². The van der Waals surface area contributed by atoms with E-state index in [1.165, 1.54) is 0 Å². The van der Waals surface area contributed by atoms with Gasteiger partial charge in [-0.15, -0.1) is 0 Å². The molecule has 3 atom stereocenters. The lowest BCUT2D eigenvalue weighted by Crippen LogP contribution is -2.35. The predicted molar refractivity (Wildman–Crippen MR) is 74.9 cm³/mol. The van der Waals surface area contributed by atoms with Crippen LogP contribution in [0.15, 0.2) is 30.3 Å². The van der Waals surface area contributed by atoms with Gasteiger partial charge in [0.05, 0.1) is 6.10 Å². The fourth-order valence-corrected chi connectivity index (χ4v) is 2.24. The Morgan fingerprint density at radius 2 is 1.95 bits per heavy atom. The van der Waals surface area contributed by atoms with E-state index in [0.29, 0.717) is 6.42 Å². The molecular weight excluding hydrogens is 256 g/mol. The first-order valence-corrected chi connectivity index (χ1v) is 6.73. The van der Waals surface area contributed by atoms with Crippen LogP contribution in [0.5, 0.6) is 0 Å². The van der Waals surface area contributed by atoms with Gasteiger partial charge < -0.3 is 19.7 Å². The Bertz CT molecular complexity index is 486. The Morgan fingerprint density at radius 1 is 1.25 bits per heavy atom. The molecule has 1 fully saturated rings. The van der Waals surface area contributed by atoms with Crippen molar-refractivity contribution < 1.29 is 19.7 Å². The summed E-state index contributed by atoms with van der Waals surface area (Å²) in [6.45, 7) is 3.56. The largest absolute Gasteiger partial charge is 0.396 e. The first-order chi connectivity index (χ1) is 9.52. The average molecular weight is 276 g/mol. The van der Waals surface area contributed by atoms with Gasteiger partial charge in [-0.2, -0.15) is 0 Å². The van der Waals surface area contributed by atoms with Gasteiger partial charge in [0.25, 0.3) is 0 Å². The molecule has 1 aliphatic rings. The summed E-state index contributed by atoms with van der Waals surface area (Å²) in [6, 6.07) is 9.45. The fourth-order valence-electron chi connectivity index (χ4n) is 2.24. The molecule has 4 heteroatoms. The van der Waals surface area contributed by atoms with E-state index >= 15 is 0 Å². The van der Waals surface area contributed by atoms with Gasteiger partial charge in [0.1, 0.15) is 12.2 Å². The maximum absolute atomic E-state index is 10.2. The topological polar surface area (TPSA) is 58.9 Å². The van der Waals surface area contributed by atoms with Gasteiger partial charge in [-0.05, 0) is 32.4 Å². The second-order valence-electron chi connectivity index (χ2n) is 5.23. The third kappa shape index (κ3) is 3.81. The maximum Gasteiger partial charge on any atom is 0.163 e. The molecule has 20 heavy (non-hydrogen) atoms. The van der Waals surface area contributed by atoms with Crippen molar-refractivity contribution in [2.75, 3.05) is 6.61 Å². The summed E-state index contributed by atoms with van der Waals surface area (Å²) in [5.74, 6) is 4.94. The molecule has 1 unspecified atom stereocenters. The number of aliphatic hydroxyl groups is 2. The smallest absolute Gasteiger partial charge is 0.163 e. The van der Waals surface area contributed by atoms with Gasteiger partial charge in [0.2, 0.25) is 0 Å². The van der Waals surface area contributed by atoms with Gasteiger partial charge in [0.15, 0.2) is 5.79 Å². The van der Waals surface area contributed by atoms with Crippen molar-refractivity contribution >= 4 is 0 Å². The van der Waals surface area contributed by atoms with Gasteiger partial charge >= 0.3 is 0 Å². The highest BCUT2D eigenvalue weighted by Crippen LogP contribution is 2.31. The molecular formula is C16H20O4. The SMILES string of the molecule is CC1(C)O[C@H](CCO)[C@H](C(O)C#Cc2ccccc2)O1. The lowest BCUT2D eigenvalue weighted by molar-refractivity contribution is -0.152. The molecule has 1 heterocycles. The Morgan fingerprint density at radius 3 is 2.60 bits per heavy atom. The van der Waals surface area contributed by atoms with E-state index in [-0.39, 0.29) is 12.7 Å². The Kier molecular flexibility index (Phi) is 4.79. The van der Waals surface area contributed by atoms with E-state index in [1.807, 2.05) is 30.3 Å². The van der Waals surface area contributed by atoms with Crippen LogP contribution in [0, 0.1) is 11.8 Å². The lowest BCUT2D eigenvalue weighted by atomic mass is 10.1. The van der Waals surface area contributed by atoms with Crippen LogP contribution in [-0.2, 0) is 9.47 Å². The summed E-state index contributed by atoms with van der Waals surface area (Å²) in [6.07, 6.45) is -1.44. The molecule has 0 saturated carbocycles. The number of ether oxygens (including phenoxy) is 2.